The summed E-state index contributed by atoms with van der Waals surface area (Å²) in [5.74, 6) is -0.00759. The van der Waals surface area contributed by atoms with E-state index in [1.807, 2.05) is 44.2 Å². The highest BCUT2D eigenvalue weighted by Crippen LogP contribution is 2.30. The molecule has 1 radical (unpaired) electrons. The summed E-state index contributed by atoms with van der Waals surface area (Å²) < 4.78 is 27.6. The molecule has 0 bridgehead atoms. The van der Waals surface area contributed by atoms with E-state index in [-0.39, 0.29) is 35.9 Å². The van der Waals surface area contributed by atoms with Crippen LogP contribution in [0.2, 0.25) is 0 Å². The summed E-state index contributed by atoms with van der Waals surface area (Å²) in [6, 6.07) is 14.6. The molecule has 2 aromatic rings. The van der Waals surface area contributed by atoms with Crippen LogP contribution in [-0.4, -0.2) is 35.2 Å². The van der Waals surface area contributed by atoms with Crippen molar-refractivity contribution in [2.45, 2.75) is 37.3 Å². The van der Waals surface area contributed by atoms with Gasteiger partial charge in [-0.25, -0.2) is 8.42 Å². The van der Waals surface area contributed by atoms with E-state index in [9.17, 15) is 18.6 Å². The minimum Gasteiger partial charge on any atom is -0.508 e. The molecular weight excluding hydrogens is 350 g/mol. The lowest BCUT2D eigenvalue weighted by molar-refractivity contribution is -0.0624. The van der Waals surface area contributed by atoms with Gasteiger partial charge in [0.05, 0.1) is 4.90 Å². The van der Waals surface area contributed by atoms with Gasteiger partial charge in [-0.2, -0.15) is 4.31 Å². The monoisotopic (exact) mass is 376 g/mol. The Morgan fingerprint density at radius 3 is 2.15 bits per heavy atom. The first kappa shape index (κ1) is 20.4. The second-order valence-electron chi connectivity index (χ2n) is 6.82. The second-order valence-corrected chi connectivity index (χ2v) is 8.68. The van der Waals surface area contributed by atoms with Crippen LogP contribution in [0.25, 0.3) is 0 Å². The largest absolute Gasteiger partial charge is 0.508 e. The van der Waals surface area contributed by atoms with E-state index in [0.717, 1.165) is 9.87 Å². The van der Waals surface area contributed by atoms with E-state index < -0.39 is 15.7 Å². The number of rotatable bonds is 8. The highest BCUT2D eigenvalue weighted by Gasteiger charge is 2.41. The molecule has 6 heteroatoms. The van der Waals surface area contributed by atoms with Crippen molar-refractivity contribution in [3.63, 3.8) is 0 Å². The zero-order chi connectivity index (χ0) is 19.4. The van der Waals surface area contributed by atoms with Gasteiger partial charge in [-0.3, -0.25) is 0 Å². The lowest BCUT2D eigenvalue weighted by atomic mass is 9.99. The average Bonchev–Trinajstić information content (AvgIpc) is 2.60. The van der Waals surface area contributed by atoms with Crippen LogP contribution in [0, 0.1) is 12.8 Å². The van der Waals surface area contributed by atoms with Gasteiger partial charge in [0.2, 0.25) is 10.0 Å². The van der Waals surface area contributed by atoms with Crippen LogP contribution in [-0.2, 0) is 16.4 Å². The molecule has 0 aliphatic heterocycles. The van der Waals surface area contributed by atoms with Crippen molar-refractivity contribution in [1.29, 1.82) is 0 Å². The number of phenolic OH excluding ortho intramolecular Hbond substituents is 1. The predicted octanol–water partition coefficient (Wildman–Crippen LogP) is 3.19. The number of hydrogen-bond donors (Lipinski definition) is 2. The van der Waals surface area contributed by atoms with Gasteiger partial charge in [0.25, 0.3) is 0 Å². The lowest BCUT2D eigenvalue weighted by Gasteiger charge is -2.39. The fourth-order valence-electron chi connectivity index (χ4n) is 2.79. The van der Waals surface area contributed by atoms with E-state index in [1.165, 1.54) is 24.3 Å². The highest BCUT2D eigenvalue weighted by molar-refractivity contribution is 7.89. The first-order valence-corrected chi connectivity index (χ1v) is 10.0. The summed E-state index contributed by atoms with van der Waals surface area (Å²) in [4.78, 5) is 0.0240. The number of benzene rings is 2. The van der Waals surface area contributed by atoms with Crippen molar-refractivity contribution < 1.29 is 18.6 Å². The van der Waals surface area contributed by atoms with Gasteiger partial charge < -0.3 is 10.2 Å². The fraction of sp³-hybridized carbons (Fsp3) is 0.350. The average molecular weight is 376 g/mol. The normalized spacial score (nSPS) is 14.5. The molecule has 0 fully saturated rings. The molecule has 0 spiro atoms. The summed E-state index contributed by atoms with van der Waals surface area (Å²) in [5, 5.41) is 20.7. The Bertz CT molecular complexity index is 803. The quantitative estimate of drug-likeness (QED) is 0.694. The maximum atomic E-state index is 13.2. The van der Waals surface area contributed by atoms with Crippen LogP contribution >= 0.6 is 0 Å². The molecule has 2 aromatic carbocycles. The van der Waals surface area contributed by atoms with Crippen molar-refractivity contribution >= 4 is 10.0 Å². The van der Waals surface area contributed by atoms with Crippen LogP contribution < -0.4 is 0 Å². The summed E-state index contributed by atoms with van der Waals surface area (Å²) >= 11 is 0. The third-order valence-electron chi connectivity index (χ3n) is 4.15. The summed E-state index contributed by atoms with van der Waals surface area (Å²) in [5.41, 5.74) is -0.823. The predicted molar refractivity (Wildman–Crippen MR) is 102 cm³/mol. The number of phenols is 1. The van der Waals surface area contributed by atoms with Gasteiger partial charge in [0.1, 0.15) is 11.5 Å². The SMILES string of the molecule is [CH2]CC(O)(Cc1ccccc1)N(CC(C)C)S(=O)(=O)c1ccc(O)cc1. The topological polar surface area (TPSA) is 77.8 Å². The van der Waals surface area contributed by atoms with Crippen LogP contribution in [0.4, 0.5) is 0 Å². The fourth-order valence-corrected chi connectivity index (χ4v) is 4.62. The van der Waals surface area contributed by atoms with Crippen molar-refractivity contribution in [2.24, 2.45) is 5.92 Å². The van der Waals surface area contributed by atoms with Gasteiger partial charge in [-0.15, -0.1) is 0 Å². The van der Waals surface area contributed by atoms with Crippen molar-refractivity contribution in [3.8, 4) is 5.75 Å². The maximum absolute atomic E-state index is 13.2. The molecule has 26 heavy (non-hydrogen) atoms. The zero-order valence-electron chi connectivity index (χ0n) is 15.2. The van der Waals surface area contributed by atoms with Gasteiger partial charge in [0.15, 0.2) is 0 Å². The number of nitrogens with zero attached hydrogens (tertiary/aromatic N) is 1. The molecular formula is C20H26NO4S. The van der Waals surface area contributed by atoms with Gasteiger partial charge in [-0.1, -0.05) is 44.2 Å². The molecule has 0 aliphatic rings. The molecule has 0 saturated heterocycles. The summed E-state index contributed by atoms with van der Waals surface area (Å²) in [6.45, 7) is 7.75. The summed E-state index contributed by atoms with van der Waals surface area (Å²) in [7, 11) is -3.97. The Kier molecular flexibility index (Phi) is 6.44. The maximum Gasteiger partial charge on any atom is 0.245 e. The smallest absolute Gasteiger partial charge is 0.245 e. The third-order valence-corrected chi connectivity index (χ3v) is 6.09. The Morgan fingerprint density at radius 1 is 1.08 bits per heavy atom. The first-order valence-electron chi connectivity index (χ1n) is 8.56. The molecule has 0 amide bonds. The van der Waals surface area contributed by atoms with Crippen molar-refractivity contribution in [3.05, 3.63) is 67.1 Å². The summed E-state index contributed by atoms with van der Waals surface area (Å²) in [6.07, 6.45) is 0.146. The molecule has 1 unspecified atom stereocenters. The third kappa shape index (κ3) is 4.63. The minimum absolute atomic E-state index is 0.00588. The molecule has 0 heterocycles. The standard InChI is InChI=1S/C20H26NO4S/c1-4-20(23,14-17-8-6-5-7-9-17)21(15-16(2)3)26(24,25)19-12-10-18(22)11-13-19/h5-13,16,22-23H,1,4,14-15H2,2-3H3. The Morgan fingerprint density at radius 2 is 1.65 bits per heavy atom. The molecule has 0 aliphatic carbocycles. The molecule has 0 aromatic heterocycles. The number of sulfonamides is 1. The van der Waals surface area contributed by atoms with Gasteiger partial charge >= 0.3 is 0 Å². The van der Waals surface area contributed by atoms with Crippen molar-refractivity contribution in [2.75, 3.05) is 6.54 Å². The number of aliphatic hydroxyl groups is 1. The Labute approximate surface area is 156 Å². The van der Waals surface area contributed by atoms with Crippen LogP contribution in [0.5, 0.6) is 5.75 Å². The Hall–Kier alpha value is -1.89. The minimum atomic E-state index is -3.97. The van der Waals surface area contributed by atoms with E-state index in [4.69, 9.17) is 0 Å². The number of aromatic hydroxyl groups is 1. The van der Waals surface area contributed by atoms with Crippen LogP contribution in [0.15, 0.2) is 59.5 Å². The molecule has 5 nitrogen and oxygen atoms in total. The van der Waals surface area contributed by atoms with E-state index in [0.29, 0.717) is 0 Å². The highest BCUT2D eigenvalue weighted by atomic mass is 32.2. The van der Waals surface area contributed by atoms with Gasteiger partial charge in [-0.05, 0) is 49.1 Å². The first-order chi connectivity index (χ1) is 12.2. The molecule has 141 valence electrons. The van der Waals surface area contributed by atoms with Crippen molar-refractivity contribution in [1.82, 2.24) is 4.31 Å². The van der Waals surface area contributed by atoms with Gasteiger partial charge in [0, 0.05) is 13.0 Å². The van der Waals surface area contributed by atoms with Crippen LogP contribution in [0.1, 0.15) is 25.8 Å². The number of hydrogen-bond acceptors (Lipinski definition) is 4. The van der Waals surface area contributed by atoms with E-state index in [2.05, 4.69) is 6.92 Å². The molecule has 2 N–H and O–H groups in total. The van der Waals surface area contributed by atoms with E-state index in [1.54, 1.807) is 0 Å². The second kappa shape index (κ2) is 8.20. The Balaban J connectivity index is 2.48. The molecule has 2 rings (SSSR count). The zero-order valence-corrected chi connectivity index (χ0v) is 16.0. The van der Waals surface area contributed by atoms with Crippen LogP contribution in [0.3, 0.4) is 0 Å². The van der Waals surface area contributed by atoms with E-state index >= 15 is 0 Å². The molecule has 0 saturated carbocycles. The lowest BCUT2D eigenvalue weighted by Crippen LogP contribution is -2.54. The molecule has 1 atom stereocenters.